The van der Waals surface area contributed by atoms with Crippen molar-refractivity contribution in [2.75, 3.05) is 6.61 Å². The molecule has 3 heterocycles. The van der Waals surface area contributed by atoms with Crippen molar-refractivity contribution in [3.05, 3.63) is 67.3 Å². The van der Waals surface area contributed by atoms with E-state index in [1.807, 2.05) is 30.5 Å². The maximum absolute atomic E-state index is 13.2. The van der Waals surface area contributed by atoms with Crippen molar-refractivity contribution in [1.29, 1.82) is 0 Å². The second-order valence-electron chi connectivity index (χ2n) is 6.77. The molecule has 1 aliphatic carbocycles. The molecule has 1 N–H and O–H groups in total. The van der Waals surface area contributed by atoms with Crippen LogP contribution in [0.4, 0.5) is 0 Å². The predicted molar refractivity (Wildman–Crippen MR) is 108 cm³/mol. The fourth-order valence-electron chi connectivity index (χ4n) is 3.98. The summed E-state index contributed by atoms with van der Waals surface area (Å²) in [6, 6.07) is 8.08. The van der Waals surface area contributed by atoms with Crippen LogP contribution in [-0.4, -0.2) is 18.4 Å². The minimum absolute atomic E-state index is 0.120. The summed E-state index contributed by atoms with van der Waals surface area (Å²) in [7, 11) is 0. The third kappa shape index (κ3) is 3.28. The van der Waals surface area contributed by atoms with Gasteiger partial charge in [0.2, 0.25) is 0 Å². The Bertz CT molecular complexity index is 923. The van der Waals surface area contributed by atoms with Gasteiger partial charge in [-0.2, -0.15) is 0 Å². The molecule has 4 rings (SSSR count). The Kier molecular flexibility index (Phi) is 5.02. The number of dihydropyridines is 1. The maximum Gasteiger partial charge on any atom is 0.336 e. The first-order chi connectivity index (χ1) is 13.1. The van der Waals surface area contributed by atoms with E-state index in [9.17, 15) is 9.59 Å². The molecule has 0 amide bonds. The number of thiophene rings is 2. The summed E-state index contributed by atoms with van der Waals surface area (Å²) in [5, 5.41) is 7.40. The molecule has 2 atom stereocenters. The molecule has 0 unspecified atom stereocenters. The largest absolute Gasteiger partial charge is 0.463 e. The normalized spacial score (nSPS) is 22.5. The summed E-state index contributed by atoms with van der Waals surface area (Å²) >= 11 is 3.27. The molecule has 0 spiro atoms. The molecule has 0 bridgehead atoms. The SMILES string of the molecule is CCOC(=O)C1=C(C)NC2=C(C(=O)C[C@H](c3cccs3)C2)[C@H]1c1cccs1. The molecule has 2 aliphatic rings. The van der Waals surface area contributed by atoms with Gasteiger partial charge >= 0.3 is 5.97 Å². The Morgan fingerprint density at radius 2 is 1.89 bits per heavy atom. The number of esters is 1. The van der Waals surface area contributed by atoms with Crippen molar-refractivity contribution >= 4 is 34.4 Å². The lowest BCUT2D eigenvalue weighted by Crippen LogP contribution is -2.35. The van der Waals surface area contributed by atoms with Crippen molar-refractivity contribution in [2.45, 2.75) is 38.5 Å². The Labute approximate surface area is 166 Å². The zero-order valence-corrected chi connectivity index (χ0v) is 16.9. The highest BCUT2D eigenvalue weighted by atomic mass is 32.1. The van der Waals surface area contributed by atoms with E-state index in [0.717, 1.165) is 28.3 Å². The average molecular weight is 400 g/mol. The highest BCUT2D eigenvalue weighted by Gasteiger charge is 2.41. The fraction of sp³-hybridized carbons (Fsp3) is 0.333. The number of ketones is 1. The van der Waals surface area contributed by atoms with E-state index in [2.05, 4.69) is 16.8 Å². The van der Waals surface area contributed by atoms with Crippen molar-refractivity contribution in [1.82, 2.24) is 5.32 Å². The first kappa shape index (κ1) is 18.2. The molecule has 140 valence electrons. The van der Waals surface area contributed by atoms with Crippen molar-refractivity contribution in [3.63, 3.8) is 0 Å². The molecule has 27 heavy (non-hydrogen) atoms. The van der Waals surface area contributed by atoms with Crippen LogP contribution in [0.3, 0.4) is 0 Å². The lowest BCUT2D eigenvalue weighted by Gasteiger charge is -2.35. The number of Topliss-reactive ketones (excluding diaryl/α,β-unsaturated/α-hetero) is 1. The average Bonchev–Trinajstić information content (AvgIpc) is 3.34. The Hall–Kier alpha value is -2.18. The molecule has 0 fully saturated rings. The number of allylic oxidation sites excluding steroid dienone is 3. The number of carbonyl (C=O) groups excluding carboxylic acids is 2. The number of hydrogen-bond acceptors (Lipinski definition) is 6. The summed E-state index contributed by atoms with van der Waals surface area (Å²) in [4.78, 5) is 28.2. The van der Waals surface area contributed by atoms with Gasteiger partial charge in [0.1, 0.15) is 0 Å². The fourth-order valence-corrected chi connectivity index (χ4v) is 5.66. The molecular weight excluding hydrogens is 378 g/mol. The molecule has 0 saturated heterocycles. The van der Waals surface area contributed by atoms with Crippen LogP contribution in [0, 0.1) is 0 Å². The third-order valence-corrected chi connectivity index (χ3v) is 7.07. The molecule has 6 heteroatoms. The van der Waals surface area contributed by atoms with Crippen LogP contribution in [0.5, 0.6) is 0 Å². The van der Waals surface area contributed by atoms with Crippen LogP contribution in [-0.2, 0) is 14.3 Å². The molecule has 2 aromatic rings. The standard InChI is InChI=1S/C21H21NO3S2/c1-3-25-21(24)18-12(2)22-14-10-13(16-6-4-8-26-16)11-15(23)19(14)20(18)17-7-5-9-27-17/h4-9,13,20,22H,3,10-11H2,1-2H3/t13-,20+/m1/s1. The Balaban J connectivity index is 1.78. The van der Waals surface area contributed by atoms with Gasteiger partial charge in [0.15, 0.2) is 5.78 Å². The third-order valence-electron chi connectivity index (χ3n) is 5.10. The summed E-state index contributed by atoms with van der Waals surface area (Å²) in [5.74, 6) is -0.364. The van der Waals surface area contributed by atoms with Crippen LogP contribution in [0.15, 0.2) is 57.6 Å². The molecule has 4 nitrogen and oxygen atoms in total. The first-order valence-corrected chi connectivity index (χ1v) is 10.8. The molecular formula is C21H21NO3S2. The van der Waals surface area contributed by atoms with Gasteiger partial charge in [-0.3, -0.25) is 4.79 Å². The van der Waals surface area contributed by atoms with Gasteiger partial charge in [-0.1, -0.05) is 12.1 Å². The molecule has 0 saturated carbocycles. The minimum atomic E-state index is -0.347. The monoisotopic (exact) mass is 399 g/mol. The molecule has 0 radical (unpaired) electrons. The predicted octanol–water partition coefficient (Wildman–Crippen LogP) is 4.73. The van der Waals surface area contributed by atoms with Gasteiger partial charge in [0, 0.05) is 39.1 Å². The lowest BCUT2D eigenvalue weighted by molar-refractivity contribution is -0.138. The number of hydrogen-bond donors (Lipinski definition) is 1. The topological polar surface area (TPSA) is 55.4 Å². The number of rotatable bonds is 4. The van der Waals surface area contributed by atoms with Gasteiger partial charge in [0.05, 0.1) is 18.1 Å². The first-order valence-electron chi connectivity index (χ1n) is 9.08. The van der Waals surface area contributed by atoms with E-state index in [1.54, 1.807) is 29.6 Å². The minimum Gasteiger partial charge on any atom is -0.463 e. The van der Waals surface area contributed by atoms with Crippen LogP contribution in [0.1, 0.15) is 48.3 Å². The van der Waals surface area contributed by atoms with E-state index in [0.29, 0.717) is 18.6 Å². The van der Waals surface area contributed by atoms with Crippen molar-refractivity contribution < 1.29 is 14.3 Å². The van der Waals surface area contributed by atoms with Crippen LogP contribution < -0.4 is 5.32 Å². The van der Waals surface area contributed by atoms with Gasteiger partial charge < -0.3 is 10.1 Å². The maximum atomic E-state index is 13.2. The van der Waals surface area contributed by atoms with E-state index in [4.69, 9.17) is 4.74 Å². The van der Waals surface area contributed by atoms with Gasteiger partial charge in [-0.05, 0) is 43.2 Å². The second-order valence-corrected chi connectivity index (χ2v) is 8.73. The zero-order valence-electron chi connectivity index (χ0n) is 15.3. The van der Waals surface area contributed by atoms with E-state index in [-0.39, 0.29) is 23.6 Å². The van der Waals surface area contributed by atoms with Gasteiger partial charge in [0.25, 0.3) is 0 Å². The van der Waals surface area contributed by atoms with Crippen molar-refractivity contribution in [2.24, 2.45) is 0 Å². The molecule has 1 aliphatic heterocycles. The highest BCUT2D eigenvalue weighted by Crippen LogP contribution is 2.47. The van der Waals surface area contributed by atoms with E-state index in [1.165, 1.54) is 4.88 Å². The van der Waals surface area contributed by atoms with Crippen LogP contribution in [0.25, 0.3) is 0 Å². The summed E-state index contributed by atoms with van der Waals surface area (Å²) < 4.78 is 5.31. The highest BCUT2D eigenvalue weighted by molar-refractivity contribution is 7.10. The van der Waals surface area contributed by atoms with Crippen LogP contribution >= 0.6 is 22.7 Å². The number of ether oxygens (including phenoxy) is 1. The van der Waals surface area contributed by atoms with Crippen LogP contribution in [0.2, 0.25) is 0 Å². The Morgan fingerprint density at radius 1 is 1.19 bits per heavy atom. The molecule has 0 aromatic carbocycles. The second kappa shape index (κ2) is 7.44. The van der Waals surface area contributed by atoms with Gasteiger partial charge in [-0.25, -0.2) is 4.79 Å². The summed E-state index contributed by atoms with van der Waals surface area (Å²) in [5.41, 5.74) is 3.03. The van der Waals surface area contributed by atoms with Crippen molar-refractivity contribution in [3.8, 4) is 0 Å². The summed E-state index contributed by atoms with van der Waals surface area (Å²) in [6.45, 7) is 4.01. The number of carbonyl (C=O) groups is 2. The lowest BCUT2D eigenvalue weighted by atomic mass is 9.74. The number of nitrogens with one attached hydrogen (secondary N) is 1. The molecule has 2 aromatic heterocycles. The van der Waals surface area contributed by atoms with E-state index < -0.39 is 0 Å². The quantitative estimate of drug-likeness (QED) is 0.755. The zero-order chi connectivity index (χ0) is 19.0. The van der Waals surface area contributed by atoms with E-state index >= 15 is 0 Å². The summed E-state index contributed by atoms with van der Waals surface area (Å²) in [6.07, 6.45) is 1.27. The van der Waals surface area contributed by atoms with Gasteiger partial charge in [-0.15, -0.1) is 22.7 Å². The smallest absolute Gasteiger partial charge is 0.336 e. The Morgan fingerprint density at radius 3 is 2.52 bits per heavy atom.